The van der Waals surface area contributed by atoms with E-state index in [1.807, 2.05) is 38.1 Å². The zero-order valence-corrected chi connectivity index (χ0v) is 17.4. The van der Waals surface area contributed by atoms with Gasteiger partial charge in [0.05, 0.1) is 26.1 Å². The number of ether oxygens (including phenoxy) is 1. The van der Waals surface area contributed by atoms with Crippen LogP contribution in [0.2, 0.25) is 0 Å². The summed E-state index contributed by atoms with van der Waals surface area (Å²) in [4.78, 5) is 14.8. The predicted octanol–water partition coefficient (Wildman–Crippen LogP) is 4.30. The number of hydrogen-bond acceptors (Lipinski definition) is 4. The average molecular weight is 392 g/mol. The SMILES string of the molecule is COc1ccc(C(NCC(=O)N(CCC#N)c2cc(C)cc(C)c2)C2CC2)cc1. The maximum Gasteiger partial charge on any atom is 0.240 e. The topological polar surface area (TPSA) is 65.4 Å². The summed E-state index contributed by atoms with van der Waals surface area (Å²) in [6.45, 7) is 4.69. The van der Waals surface area contributed by atoms with Gasteiger partial charge in [-0.15, -0.1) is 0 Å². The lowest BCUT2D eigenvalue weighted by Gasteiger charge is -2.25. The van der Waals surface area contributed by atoms with Crippen LogP contribution in [0.3, 0.4) is 0 Å². The number of hydrogen-bond donors (Lipinski definition) is 1. The summed E-state index contributed by atoms with van der Waals surface area (Å²) in [6.07, 6.45) is 2.66. The minimum Gasteiger partial charge on any atom is -0.497 e. The first kappa shape index (κ1) is 20.9. The molecule has 5 nitrogen and oxygen atoms in total. The van der Waals surface area contributed by atoms with Crippen LogP contribution < -0.4 is 15.0 Å². The summed E-state index contributed by atoms with van der Waals surface area (Å²) in [7, 11) is 1.66. The van der Waals surface area contributed by atoms with Gasteiger partial charge in [-0.2, -0.15) is 5.26 Å². The fourth-order valence-electron chi connectivity index (χ4n) is 3.76. The van der Waals surface area contributed by atoms with Crippen LogP contribution in [0.25, 0.3) is 0 Å². The Bertz CT molecular complexity index is 862. The first-order valence-electron chi connectivity index (χ1n) is 10.1. The van der Waals surface area contributed by atoms with Crippen molar-refractivity contribution in [2.24, 2.45) is 5.92 Å². The quantitative estimate of drug-likeness (QED) is 0.692. The second-order valence-electron chi connectivity index (χ2n) is 7.77. The van der Waals surface area contributed by atoms with E-state index in [2.05, 4.69) is 29.6 Å². The molecule has 0 spiro atoms. The van der Waals surface area contributed by atoms with Gasteiger partial charge in [0.1, 0.15) is 5.75 Å². The number of aryl methyl sites for hydroxylation is 2. The summed E-state index contributed by atoms with van der Waals surface area (Å²) in [6, 6.07) is 16.5. The van der Waals surface area contributed by atoms with Crippen molar-refractivity contribution in [1.29, 1.82) is 5.26 Å². The maximum absolute atomic E-state index is 13.1. The van der Waals surface area contributed by atoms with Gasteiger partial charge in [0.15, 0.2) is 0 Å². The fraction of sp³-hybridized carbons (Fsp3) is 0.417. The zero-order chi connectivity index (χ0) is 20.8. The molecule has 0 aromatic heterocycles. The molecule has 1 N–H and O–H groups in total. The van der Waals surface area contributed by atoms with Gasteiger partial charge < -0.3 is 15.0 Å². The lowest BCUT2D eigenvalue weighted by molar-refractivity contribution is -0.117. The van der Waals surface area contributed by atoms with Gasteiger partial charge in [-0.1, -0.05) is 18.2 Å². The molecular formula is C24H29N3O2. The highest BCUT2D eigenvalue weighted by Gasteiger charge is 2.32. The second-order valence-corrected chi connectivity index (χ2v) is 7.77. The van der Waals surface area contributed by atoms with Gasteiger partial charge in [0.25, 0.3) is 0 Å². The highest BCUT2D eigenvalue weighted by Crippen LogP contribution is 2.41. The Morgan fingerprint density at radius 2 is 1.86 bits per heavy atom. The standard InChI is InChI=1S/C24H29N3O2/c1-17-13-18(2)15-21(14-17)27(12-4-11-25)23(28)16-26-24(19-5-6-19)20-7-9-22(29-3)10-8-20/h7-10,13-15,19,24,26H,4-6,12,16H2,1-3H3. The van der Waals surface area contributed by atoms with Gasteiger partial charge in [-0.25, -0.2) is 0 Å². The van der Waals surface area contributed by atoms with Gasteiger partial charge in [-0.3, -0.25) is 4.79 Å². The third-order valence-electron chi connectivity index (χ3n) is 5.31. The second kappa shape index (κ2) is 9.58. The number of carbonyl (C=O) groups is 1. The molecule has 0 bridgehead atoms. The van der Waals surface area contributed by atoms with E-state index in [0.29, 0.717) is 18.9 Å². The first-order valence-corrected chi connectivity index (χ1v) is 10.1. The lowest BCUT2D eigenvalue weighted by Crippen LogP contribution is -2.40. The molecule has 1 saturated carbocycles. The largest absolute Gasteiger partial charge is 0.497 e. The Labute approximate surface area is 173 Å². The molecule has 1 fully saturated rings. The fourth-order valence-corrected chi connectivity index (χ4v) is 3.76. The van der Waals surface area contributed by atoms with Gasteiger partial charge >= 0.3 is 0 Å². The highest BCUT2D eigenvalue weighted by atomic mass is 16.5. The van der Waals surface area contributed by atoms with Crippen LogP contribution in [0.15, 0.2) is 42.5 Å². The molecule has 1 aliphatic carbocycles. The molecule has 5 heteroatoms. The van der Waals surface area contributed by atoms with E-state index in [1.165, 1.54) is 18.4 Å². The Balaban J connectivity index is 1.72. The third-order valence-corrected chi connectivity index (χ3v) is 5.31. The predicted molar refractivity (Wildman–Crippen MR) is 115 cm³/mol. The van der Waals surface area contributed by atoms with E-state index in [4.69, 9.17) is 10.00 Å². The molecule has 1 atom stereocenters. The number of benzene rings is 2. The van der Waals surface area contributed by atoms with Crippen molar-refractivity contribution in [3.8, 4) is 11.8 Å². The van der Waals surface area contributed by atoms with E-state index in [9.17, 15) is 4.79 Å². The van der Waals surface area contributed by atoms with Gasteiger partial charge in [0, 0.05) is 18.3 Å². The number of anilines is 1. The molecule has 3 rings (SSSR count). The Morgan fingerprint density at radius 3 is 2.41 bits per heavy atom. The number of nitriles is 1. The molecule has 1 unspecified atom stereocenters. The number of nitrogens with zero attached hydrogens (tertiary/aromatic N) is 2. The summed E-state index contributed by atoms with van der Waals surface area (Å²) < 4.78 is 5.25. The minimum atomic E-state index is -0.00980. The average Bonchev–Trinajstić information content (AvgIpc) is 3.53. The smallest absolute Gasteiger partial charge is 0.240 e. The Kier molecular flexibility index (Phi) is 6.90. The van der Waals surface area contributed by atoms with Crippen LogP contribution in [0.5, 0.6) is 5.75 Å². The molecule has 2 aromatic rings. The monoisotopic (exact) mass is 391 g/mol. The molecule has 29 heavy (non-hydrogen) atoms. The van der Waals surface area contributed by atoms with Crippen molar-refractivity contribution >= 4 is 11.6 Å². The summed E-state index contributed by atoms with van der Waals surface area (Å²) in [5, 5.41) is 12.5. The van der Waals surface area contributed by atoms with Crippen LogP contribution >= 0.6 is 0 Å². The van der Waals surface area contributed by atoms with Crippen molar-refractivity contribution in [2.45, 2.75) is 39.2 Å². The molecule has 0 radical (unpaired) electrons. The molecule has 152 valence electrons. The van der Waals surface area contributed by atoms with Crippen molar-refractivity contribution in [3.63, 3.8) is 0 Å². The first-order chi connectivity index (χ1) is 14.0. The summed E-state index contributed by atoms with van der Waals surface area (Å²) in [5.74, 6) is 1.38. The molecule has 2 aromatic carbocycles. The minimum absolute atomic E-state index is 0.00980. The Hall–Kier alpha value is -2.84. The zero-order valence-electron chi connectivity index (χ0n) is 17.4. The molecule has 1 aliphatic rings. The van der Waals surface area contributed by atoms with E-state index < -0.39 is 0 Å². The van der Waals surface area contributed by atoms with Crippen molar-refractivity contribution in [1.82, 2.24) is 5.32 Å². The number of nitrogens with one attached hydrogen (secondary N) is 1. The van der Waals surface area contributed by atoms with Gasteiger partial charge in [-0.05, 0) is 73.6 Å². The molecular weight excluding hydrogens is 362 g/mol. The molecule has 0 saturated heterocycles. The van der Waals surface area contributed by atoms with E-state index >= 15 is 0 Å². The van der Waals surface area contributed by atoms with Crippen LogP contribution in [0.1, 0.15) is 42.0 Å². The number of amides is 1. The van der Waals surface area contributed by atoms with Crippen LogP contribution in [-0.4, -0.2) is 26.1 Å². The molecule has 1 amide bonds. The summed E-state index contributed by atoms with van der Waals surface area (Å²) in [5.41, 5.74) is 4.25. The van der Waals surface area contributed by atoms with Crippen LogP contribution in [-0.2, 0) is 4.79 Å². The molecule has 0 heterocycles. The Morgan fingerprint density at radius 1 is 1.21 bits per heavy atom. The normalized spacial score (nSPS) is 14.1. The van der Waals surface area contributed by atoms with Crippen molar-refractivity contribution in [3.05, 3.63) is 59.2 Å². The van der Waals surface area contributed by atoms with Crippen molar-refractivity contribution in [2.75, 3.05) is 25.1 Å². The van der Waals surface area contributed by atoms with E-state index in [-0.39, 0.29) is 18.5 Å². The maximum atomic E-state index is 13.1. The van der Waals surface area contributed by atoms with E-state index in [1.54, 1.807) is 12.0 Å². The van der Waals surface area contributed by atoms with Crippen LogP contribution in [0.4, 0.5) is 5.69 Å². The van der Waals surface area contributed by atoms with Gasteiger partial charge in [0.2, 0.25) is 5.91 Å². The third kappa shape index (κ3) is 5.58. The van der Waals surface area contributed by atoms with Crippen LogP contribution in [0, 0.1) is 31.1 Å². The number of rotatable bonds is 9. The number of methoxy groups -OCH3 is 1. The number of carbonyl (C=O) groups excluding carboxylic acids is 1. The van der Waals surface area contributed by atoms with E-state index in [0.717, 1.165) is 22.6 Å². The lowest BCUT2D eigenvalue weighted by atomic mass is 10.0. The van der Waals surface area contributed by atoms with Crippen molar-refractivity contribution < 1.29 is 9.53 Å². The summed E-state index contributed by atoms with van der Waals surface area (Å²) >= 11 is 0. The highest BCUT2D eigenvalue weighted by molar-refractivity contribution is 5.95. The molecule has 0 aliphatic heterocycles.